The Hall–Kier alpha value is -2.60. The van der Waals surface area contributed by atoms with Gasteiger partial charge in [0, 0.05) is 0 Å². The van der Waals surface area contributed by atoms with Crippen molar-refractivity contribution in [2.24, 2.45) is 0 Å². The first kappa shape index (κ1) is 11.1. The number of benzene rings is 4. The van der Waals surface area contributed by atoms with Crippen molar-refractivity contribution in [1.82, 2.24) is 0 Å². The first-order valence-electron chi connectivity index (χ1n) is 7.43. The molecule has 0 saturated heterocycles. The van der Waals surface area contributed by atoms with Crippen LogP contribution in [0.2, 0.25) is 0 Å². The van der Waals surface area contributed by atoms with E-state index in [0.717, 1.165) is 6.42 Å². The van der Waals surface area contributed by atoms with E-state index in [-0.39, 0.29) is 0 Å². The second-order valence-corrected chi connectivity index (χ2v) is 5.80. The predicted octanol–water partition coefficient (Wildman–Crippen LogP) is 5.56. The summed E-state index contributed by atoms with van der Waals surface area (Å²) in [6.45, 7) is 0. The Morgan fingerprint density at radius 2 is 0.952 bits per heavy atom. The van der Waals surface area contributed by atoms with Crippen LogP contribution in [0.3, 0.4) is 0 Å². The minimum absolute atomic E-state index is 1.05. The fraction of sp³-hybridized carbons (Fsp3) is 0.0476. The molecular formula is C21H14. The van der Waals surface area contributed by atoms with Crippen molar-refractivity contribution in [3.05, 3.63) is 83.9 Å². The average Bonchev–Trinajstić information content (AvgIpc) is 2.94. The minimum Gasteiger partial charge on any atom is -0.0616 e. The fourth-order valence-corrected chi connectivity index (χ4v) is 3.73. The maximum Gasteiger partial charge on any atom is -0.000112 e. The first-order chi connectivity index (χ1) is 10.4. The van der Waals surface area contributed by atoms with Gasteiger partial charge in [0.25, 0.3) is 0 Å². The van der Waals surface area contributed by atoms with Gasteiger partial charge in [-0.25, -0.2) is 0 Å². The van der Waals surface area contributed by atoms with Gasteiger partial charge in [-0.1, -0.05) is 72.8 Å². The molecule has 0 aliphatic heterocycles. The van der Waals surface area contributed by atoms with E-state index < -0.39 is 0 Å². The maximum atomic E-state index is 2.29. The molecule has 98 valence electrons. The fourth-order valence-electron chi connectivity index (χ4n) is 3.73. The summed E-state index contributed by atoms with van der Waals surface area (Å²) in [6.07, 6.45) is 1.05. The number of rotatable bonds is 0. The van der Waals surface area contributed by atoms with Crippen molar-refractivity contribution < 1.29 is 0 Å². The summed E-state index contributed by atoms with van der Waals surface area (Å²) in [4.78, 5) is 0. The van der Waals surface area contributed by atoms with Gasteiger partial charge in [0.05, 0.1) is 0 Å². The molecule has 1 aliphatic rings. The Morgan fingerprint density at radius 1 is 0.476 bits per heavy atom. The molecule has 0 spiro atoms. The second kappa shape index (κ2) is 3.95. The summed E-state index contributed by atoms with van der Waals surface area (Å²) in [7, 11) is 0. The number of hydrogen-bond acceptors (Lipinski definition) is 0. The molecule has 5 rings (SSSR count). The van der Waals surface area contributed by atoms with E-state index >= 15 is 0 Å². The Kier molecular flexibility index (Phi) is 2.09. The highest BCUT2D eigenvalue weighted by Crippen LogP contribution is 2.43. The van der Waals surface area contributed by atoms with Crippen molar-refractivity contribution >= 4 is 21.5 Å². The van der Waals surface area contributed by atoms with Crippen LogP contribution >= 0.6 is 0 Å². The third-order valence-corrected chi connectivity index (χ3v) is 4.72. The zero-order valence-electron chi connectivity index (χ0n) is 11.6. The van der Waals surface area contributed by atoms with Gasteiger partial charge >= 0.3 is 0 Å². The smallest absolute Gasteiger partial charge is 0.000112 e. The molecule has 4 aromatic rings. The largest absolute Gasteiger partial charge is 0.0616 e. The standard InChI is InChI=1S/C21H14/c1-3-7-16-14(5-1)9-11-18-19-12-10-15-6-2-4-8-17(15)21(19)13-20(16)18/h1-12H,13H2. The van der Waals surface area contributed by atoms with E-state index in [1.807, 2.05) is 0 Å². The van der Waals surface area contributed by atoms with Crippen molar-refractivity contribution in [3.8, 4) is 11.1 Å². The molecule has 4 aromatic carbocycles. The molecule has 1 aliphatic carbocycles. The molecule has 0 unspecified atom stereocenters. The van der Waals surface area contributed by atoms with Crippen molar-refractivity contribution in [2.45, 2.75) is 6.42 Å². The molecule has 21 heavy (non-hydrogen) atoms. The molecule has 0 saturated carbocycles. The molecule has 0 atom stereocenters. The highest BCUT2D eigenvalue weighted by molar-refractivity contribution is 6.00. The van der Waals surface area contributed by atoms with Crippen LogP contribution in [0.1, 0.15) is 11.1 Å². The van der Waals surface area contributed by atoms with Gasteiger partial charge in [0.2, 0.25) is 0 Å². The lowest BCUT2D eigenvalue weighted by Gasteiger charge is -2.05. The van der Waals surface area contributed by atoms with Crippen molar-refractivity contribution in [1.29, 1.82) is 0 Å². The van der Waals surface area contributed by atoms with Gasteiger partial charge in [0.1, 0.15) is 0 Å². The lowest BCUT2D eigenvalue weighted by atomic mass is 9.99. The van der Waals surface area contributed by atoms with Gasteiger partial charge in [-0.3, -0.25) is 0 Å². The molecule has 0 heterocycles. The summed E-state index contributed by atoms with van der Waals surface area (Å²) in [5, 5.41) is 5.48. The van der Waals surface area contributed by atoms with E-state index in [1.54, 1.807) is 0 Å². The van der Waals surface area contributed by atoms with E-state index in [9.17, 15) is 0 Å². The zero-order chi connectivity index (χ0) is 13.8. The van der Waals surface area contributed by atoms with Crippen LogP contribution in [-0.4, -0.2) is 0 Å². The summed E-state index contributed by atoms with van der Waals surface area (Å²) in [6, 6.07) is 26.5. The summed E-state index contributed by atoms with van der Waals surface area (Å²) in [5.74, 6) is 0. The molecule has 0 heteroatoms. The number of hydrogen-bond donors (Lipinski definition) is 0. The van der Waals surface area contributed by atoms with Gasteiger partial charge < -0.3 is 0 Å². The van der Waals surface area contributed by atoms with Crippen molar-refractivity contribution in [2.75, 3.05) is 0 Å². The summed E-state index contributed by atoms with van der Waals surface area (Å²) in [5.41, 5.74) is 5.79. The van der Waals surface area contributed by atoms with Crippen LogP contribution < -0.4 is 0 Å². The quantitative estimate of drug-likeness (QED) is 0.344. The zero-order valence-corrected chi connectivity index (χ0v) is 11.6. The highest BCUT2D eigenvalue weighted by atomic mass is 14.2. The molecule has 0 fully saturated rings. The van der Waals surface area contributed by atoms with Gasteiger partial charge in [-0.05, 0) is 50.2 Å². The highest BCUT2D eigenvalue weighted by Gasteiger charge is 2.21. The van der Waals surface area contributed by atoms with Crippen LogP contribution in [0.4, 0.5) is 0 Å². The van der Waals surface area contributed by atoms with E-state index in [2.05, 4.69) is 72.8 Å². The monoisotopic (exact) mass is 266 g/mol. The van der Waals surface area contributed by atoms with Crippen LogP contribution in [0, 0.1) is 0 Å². The molecule has 0 N–H and O–H groups in total. The Morgan fingerprint density at radius 3 is 1.48 bits per heavy atom. The Balaban J connectivity index is 1.89. The molecule has 0 radical (unpaired) electrons. The van der Waals surface area contributed by atoms with Gasteiger partial charge in [-0.15, -0.1) is 0 Å². The molecule has 0 aromatic heterocycles. The summed E-state index contributed by atoms with van der Waals surface area (Å²) >= 11 is 0. The summed E-state index contributed by atoms with van der Waals surface area (Å²) < 4.78 is 0. The first-order valence-corrected chi connectivity index (χ1v) is 7.43. The predicted molar refractivity (Wildman–Crippen MR) is 89.7 cm³/mol. The Labute approximate surface area is 123 Å². The van der Waals surface area contributed by atoms with Crippen LogP contribution in [0.5, 0.6) is 0 Å². The topological polar surface area (TPSA) is 0 Å². The van der Waals surface area contributed by atoms with Gasteiger partial charge in [-0.2, -0.15) is 0 Å². The average molecular weight is 266 g/mol. The van der Waals surface area contributed by atoms with Crippen LogP contribution in [0.25, 0.3) is 32.7 Å². The second-order valence-electron chi connectivity index (χ2n) is 5.80. The van der Waals surface area contributed by atoms with Crippen LogP contribution in [-0.2, 0) is 6.42 Å². The molecular weight excluding hydrogens is 252 g/mol. The normalized spacial score (nSPS) is 12.6. The number of fused-ring (bicyclic) bond motifs is 7. The Bertz CT molecular complexity index is 926. The van der Waals surface area contributed by atoms with Crippen LogP contribution in [0.15, 0.2) is 72.8 Å². The SMILES string of the molecule is c1ccc2c3c(ccc2c1)-c1ccc2ccccc2c1C3. The third kappa shape index (κ3) is 1.45. The lowest BCUT2D eigenvalue weighted by Crippen LogP contribution is -1.84. The van der Waals surface area contributed by atoms with Crippen molar-refractivity contribution in [3.63, 3.8) is 0 Å². The van der Waals surface area contributed by atoms with Gasteiger partial charge in [0.15, 0.2) is 0 Å². The van der Waals surface area contributed by atoms with E-state index in [4.69, 9.17) is 0 Å². The molecule has 0 nitrogen and oxygen atoms in total. The molecule has 0 bridgehead atoms. The van der Waals surface area contributed by atoms with E-state index in [0.29, 0.717) is 0 Å². The molecule has 0 amide bonds. The van der Waals surface area contributed by atoms with E-state index in [1.165, 1.54) is 43.8 Å². The lowest BCUT2D eigenvalue weighted by molar-refractivity contribution is 1.31. The third-order valence-electron chi connectivity index (χ3n) is 4.72. The minimum atomic E-state index is 1.05. The maximum absolute atomic E-state index is 2.29.